The van der Waals surface area contributed by atoms with Gasteiger partial charge in [-0.1, -0.05) is 30.3 Å². The molecule has 3 aromatic rings. The van der Waals surface area contributed by atoms with Gasteiger partial charge in [0.05, 0.1) is 0 Å². The maximum atomic E-state index is 13.4. The fourth-order valence-electron chi connectivity index (χ4n) is 6.52. The number of benzene rings is 2. The number of para-hydroxylation sites is 1. The molecular weight excluding hydrogens is 488 g/mol. The van der Waals surface area contributed by atoms with Crippen LogP contribution in [0.1, 0.15) is 61.3 Å². The Bertz CT molecular complexity index is 1300. The van der Waals surface area contributed by atoms with Crippen LogP contribution in [0.25, 0.3) is 10.9 Å². The number of fused-ring (bicyclic) bond motifs is 1. The number of methoxy groups -OCH3 is 1. The third-order valence-electron chi connectivity index (χ3n) is 8.42. The van der Waals surface area contributed by atoms with Gasteiger partial charge in [0.25, 0.3) is 0 Å². The first-order valence-corrected chi connectivity index (χ1v) is 14.5. The van der Waals surface area contributed by atoms with Crippen LogP contribution >= 0.6 is 0 Å². The number of rotatable bonds is 10. The molecule has 1 aromatic heterocycles. The minimum atomic E-state index is -0.237. The Hall–Kier alpha value is -3.16. The van der Waals surface area contributed by atoms with Gasteiger partial charge in [0, 0.05) is 87.0 Å². The van der Waals surface area contributed by atoms with Crippen molar-refractivity contribution in [2.75, 3.05) is 38.3 Å². The second kappa shape index (κ2) is 12.3. The normalized spacial score (nSPS) is 18.7. The highest BCUT2D eigenvalue weighted by Gasteiger charge is 2.30. The number of hydrogen-bond donors (Lipinski definition) is 1. The van der Waals surface area contributed by atoms with E-state index in [1.165, 1.54) is 22.2 Å². The van der Waals surface area contributed by atoms with Crippen LogP contribution in [0, 0.1) is 6.92 Å². The molecule has 39 heavy (non-hydrogen) atoms. The van der Waals surface area contributed by atoms with E-state index >= 15 is 0 Å². The molecule has 5 rings (SSSR count). The molecule has 2 unspecified atom stereocenters. The second-order valence-corrected chi connectivity index (χ2v) is 11.2. The van der Waals surface area contributed by atoms with Crippen LogP contribution in [-0.4, -0.2) is 60.7 Å². The maximum Gasteiger partial charge on any atom is 0.227 e. The molecule has 208 valence electrons. The maximum absolute atomic E-state index is 13.4. The Morgan fingerprint density at radius 1 is 1.10 bits per heavy atom. The van der Waals surface area contributed by atoms with E-state index in [1.54, 1.807) is 7.11 Å². The van der Waals surface area contributed by atoms with E-state index in [-0.39, 0.29) is 17.9 Å². The van der Waals surface area contributed by atoms with Crippen molar-refractivity contribution in [3.05, 3.63) is 65.4 Å². The molecule has 0 aliphatic carbocycles. The Morgan fingerprint density at radius 3 is 2.64 bits per heavy atom. The third kappa shape index (κ3) is 6.04. The first-order valence-electron chi connectivity index (χ1n) is 14.5. The Labute approximate surface area is 231 Å². The molecule has 2 N–H and O–H groups in total. The van der Waals surface area contributed by atoms with Crippen LogP contribution in [0.2, 0.25) is 0 Å². The van der Waals surface area contributed by atoms with Crippen LogP contribution < -0.4 is 10.6 Å². The number of carbonyl (C=O) groups excluding carboxylic acids is 2. The van der Waals surface area contributed by atoms with E-state index in [9.17, 15) is 9.59 Å². The van der Waals surface area contributed by atoms with E-state index < -0.39 is 0 Å². The van der Waals surface area contributed by atoms with Crippen molar-refractivity contribution in [1.82, 2.24) is 9.47 Å². The number of carbonyl (C=O) groups is 2. The molecule has 2 fully saturated rings. The van der Waals surface area contributed by atoms with Gasteiger partial charge in [-0.15, -0.1) is 0 Å². The number of ether oxygens (including phenoxy) is 1. The highest BCUT2D eigenvalue weighted by molar-refractivity contribution is 5.95. The molecule has 0 saturated carbocycles. The second-order valence-electron chi connectivity index (χ2n) is 11.2. The lowest BCUT2D eigenvalue weighted by molar-refractivity contribution is -0.132. The van der Waals surface area contributed by atoms with Crippen LogP contribution in [0.5, 0.6) is 0 Å². The van der Waals surface area contributed by atoms with Gasteiger partial charge in [-0.05, 0) is 68.4 Å². The minimum Gasteiger partial charge on any atom is -0.385 e. The molecule has 3 heterocycles. The molecule has 2 aliphatic rings. The summed E-state index contributed by atoms with van der Waals surface area (Å²) in [4.78, 5) is 29.3. The number of hydrogen-bond acceptors (Lipinski definition) is 4. The fourth-order valence-corrected chi connectivity index (χ4v) is 6.52. The monoisotopic (exact) mass is 530 g/mol. The van der Waals surface area contributed by atoms with Crippen molar-refractivity contribution in [1.29, 1.82) is 0 Å². The van der Waals surface area contributed by atoms with Gasteiger partial charge in [-0.3, -0.25) is 9.59 Å². The average molecular weight is 531 g/mol. The van der Waals surface area contributed by atoms with Crippen molar-refractivity contribution in [3.8, 4) is 0 Å². The molecule has 0 spiro atoms. The summed E-state index contributed by atoms with van der Waals surface area (Å²) in [6.07, 6.45) is 5.58. The molecule has 2 saturated heterocycles. The highest BCUT2D eigenvalue weighted by Crippen LogP contribution is 2.36. The van der Waals surface area contributed by atoms with E-state index in [0.29, 0.717) is 25.2 Å². The van der Waals surface area contributed by atoms with Gasteiger partial charge in [-0.25, -0.2) is 0 Å². The molecule has 7 heteroatoms. The summed E-state index contributed by atoms with van der Waals surface area (Å²) in [5.74, 6) is 0.649. The lowest BCUT2D eigenvalue weighted by Crippen LogP contribution is -2.42. The summed E-state index contributed by atoms with van der Waals surface area (Å²) < 4.78 is 7.80. The summed E-state index contributed by atoms with van der Waals surface area (Å²) in [6.45, 7) is 6.20. The molecule has 0 bridgehead atoms. The van der Waals surface area contributed by atoms with E-state index in [0.717, 1.165) is 69.7 Å². The Kier molecular flexibility index (Phi) is 8.68. The molecule has 2 atom stereocenters. The van der Waals surface area contributed by atoms with Crippen molar-refractivity contribution < 1.29 is 14.3 Å². The van der Waals surface area contributed by atoms with Crippen LogP contribution in [0.15, 0.2) is 48.5 Å². The zero-order valence-electron chi connectivity index (χ0n) is 23.4. The van der Waals surface area contributed by atoms with Crippen LogP contribution in [0.3, 0.4) is 0 Å². The highest BCUT2D eigenvalue weighted by atomic mass is 16.5. The van der Waals surface area contributed by atoms with Crippen LogP contribution in [0.4, 0.5) is 5.69 Å². The number of aryl methyl sites for hydroxylation is 2. The predicted octanol–water partition coefficient (Wildman–Crippen LogP) is 4.78. The van der Waals surface area contributed by atoms with E-state index in [4.69, 9.17) is 10.5 Å². The third-order valence-corrected chi connectivity index (χ3v) is 8.42. The van der Waals surface area contributed by atoms with Crippen molar-refractivity contribution in [3.63, 3.8) is 0 Å². The molecular formula is C32H42N4O3. The first kappa shape index (κ1) is 27.4. The Morgan fingerprint density at radius 2 is 1.90 bits per heavy atom. The molecule has 2 aromatic carbocycles. The van der Waals surface area contributed by atoms with Gasteiger partial charge in [0.2, 0.25) is 11.8 Å². The number of aromatic nitrogens is 1. The lowest BCUT2D eigenvalue weighted by Gasteiger charge is -2.34. The number of amides is 2. The lowest BCUT2D eigenvalue weighted by atomic mass is 9.91. The van der Waals surface area contributed by atoms with Crippen molar-refractivity contribution in [2.45, 2.75) is 70.4 Å². The number of piperidine rings is 1. The van der Waals surface area contributed by atoms with Gasteiger partial charge in [0.1, 0.15) is 0 Å². The van der Waals surface area contributed by atoms with Gasteiger partial charge < -0.3 is 24.8 Å². The topological polar surface area (TPSA) is 80.8 Å². The SMILES string of the molecule is COCCCn1c(C2CCCN(C(=O)CC(N)Cc3ccc(N4CCCC4=O)cc3)C2)c(C)c2ccccc21. The molecule has 0 radical (unpaired) electrons. The van der Waals surface area contributed by atoms with E-state index in [2.05, 4.69) is 35.8 Å². The summed E-state index contributed by atoms with van der Waals surface area (Å²) in [7, 11) is 1.75. The van der Waals surface area contributed by atoms with E-state index in [1.807, 2.05) is 34.1 Å². The van der Waals surface area contributed by atoms with Crippen LogP contribution in [-0.2, 0) is 27.3 Å². The standard InChI is InChI=1S/C32H42N4O3/c1-23-28-9-3-4-10-29(28)36(18-7-19-39-2)32(23)25-8-5-16-34(22-25)31(38)21-26(33)20-24-12-14-27(15-13-24)35-17-6-11-30(35)37/h3-4,9-10,12-15,25-26H,5-8,11,16-22,33H2,1-2H3. The quantitative estimate of drug-likeness (QED) is 0.383. The Balaban J connectivity index is 1.23. The van der Waals surface area contributed by atoms with Crippen molar-refractivity contribution >= 4 is 28.4 Å². The number of anilines is 1. The average Bonchev–Trinajstić information content (AvgIpc) is 3.50. The smallest absolute Gasteiger partial charge is 0.227 e. The van der Waals surface area contributed by atoms with Gasteiger partial charge >= 0.3 is 0 Å². The summed E-state index contributed by atoms with van der Waals surface area (Å²) in [6, 6.07) is 16.5. The zero-order valence-corrected chi connectivity index (χ0v) is 23.4. The number of nitrogens with zero attached hydrogens (tertiary/aromatic N) is 3. The number of nitrogens with two attached hydrogens (primary N) is 1. The molecule has 2 aliphatic heterocycles. The fraction of sp³-hybridized carbons (Fsp3) is 0.500. The molecule has 2 amide bonds. The summed E-state index contributed by atoms with van der Waals surface area (Å²) in [5.41, 5.74) is 12.5. The number of likely N-dealkylation sites (tertiary alicyclic amines) is 1. The van der Waals surface area contributed by atoms with Crippen molar-refractivity contribution in [2.24, 2.45) is 5.73 Å². The van der Waals surface area contributed by atoms with Gasteiger partial charge in [-0.2, -0.15) is 0 Å². The predicted molar refractivity (Wildman–Crippen MR) is 156 cm³/mol. The first-order chi connectivity index (χ1) is 19.0. The summed E-state index contributed by atoms with van der Waals surface area (Å²) >= 11 is 0. The largest absolute Gasteiger partial charge is 0.385 e. The zero-order chi connectivity index (χ0) is 27.4. The minimum absolute atomic E-state index is 0.145. The van der Waals surface area contributed by atoms with Gasteiger partial charge in [0.15, 0.2) is 0 Å². The summed E-state index contributed by atoms with van der Waals surface area (Å²) in [5, 5.41) is 1.30. The molecule has 7 nitrogen and oxygen atoms in total.